The summed E-state index contributed by atoms with van der Waals surface area (Å²) in [6.07, 6.45) is 0.667. The van der Waals surface area contributed by atoms with Gasteiger partial charge in [0.05, 0.1) is 16.4 Å². The van der Waals surface area contributed by atoms with Gasteiger partial charge < -0.3 is 0 Å². The highest BCUT2D eigenvalue weighted by atomic mass is 35.5. The first-order valence-corrected chi connectivity index (χ1v) is 7.84. The van der Waals surface area contributed by atoms with E-state index in [1.54, 1.807) is 0 Å². The summed E-state index contributed by atoms with van der Waals surface area (Å²) >= 11 is 18.9. The smallest absolute Gasteiger partial charge is 0.0847 e. The molecule has 5 heteroatoms. The first kappa shape index (κ1) is 15.7. The largest absolute Gasteiger partial charge is 0.271 e. The van der Waals surface area contributed by atoms with Gasteiger partial charge in [-0.15, -0.1) is 23.2 Å². The lowest BCUT2D eigenvalue weighted by Gasteiger charge is -2.30. The summed E-state index contributed by atoms with van der Waals surface area (Å²) in [6.45, 7) is 1.90. The monoisotopic (exact) mass is 330 g/mol. The Bertz CT molecular complexity index is 574. The van der Waals surface area contributed by atoms with Crippen LogP contribution in [0.25, 0.3) is 0 Å². The fourth-order valence-corrected chi connectivity index (χ4v) is 3.38. The average molecular weight is 332 g/mol. The van der Waals surface area contributed by atoms with E-state index >= 15 is 0 Å². The van der Waals surface area contributed by atoms with Crippen molar-refractivity contribution in [3.8, 4) is 0 Å². The number of benzene rings is 1. The Morgan fingerprint density at radius 3 is 2.20 bits per heavy atom. The number of hydrogen-bond acceptors (Lipinski definition) is 1. The van der Waals surface area contributed by atoms with E-state index in [9.17, 15) is 0 Å². The summed E-state index contributed by atoms with van der Waals surface area (Å²) in [5.74, 6) is 0.863. The number of aryl methyl sites for hydroxylation is 2. The summed E-state index contributed by atoms with van der Waals surface area (Å²) < 4.78 is 1.81. The van der Waals surface area contributed by atoms with Crippen molar-refractivity contribution in [2.75, 3.05) is 11.8 Å². The third-order valence-electron chi connectivity index (χ3n) is 3.67. The van der Waals surface area contributed by atoms with Crippen LogP contribution in [0, 0.1) is 6.92 Å². The Balaban J connectivity index is 2.45. The highest BCUT2D eigenvalue weighted by Gasteiger charge is 2.33. The van der Waals surface area contributed by atoms with E-state index in [1.165, 1.54) is 0 Å². The molecule has 1 aromatic heterocycles. The maximum Gasteiger partial charge on any atom is 0.0847 e. The predicted octanol–water partition coefficient (Wildman–Crippen LogP) is 4.34. The Morgan fingerprint density at radius 1 is 1.15 bits per heavy atom. The van der Waals surface area contributed by atoms with E-state index in [0.29, 0.717) is 23.2 Å². The number of aromatic nitrogens is 2. The number of rotatable bonds is 5. The molecular formula is C15H17Cl3N2. The van der Waals surface area contributed by atoms with Gasteiger partial charge >= 0.3 is 0 Å². The highest BCUT2D eigenvalue weighted by molar-refractivity contribution is 6.32. The van der Waals surface area contributed by atoms with Gasteiger partial charge in [-0.2, -0.15) is 5.10 Å². The average Bonchev–Trinajstić information content (AvgIpc) is 2.71. The zero-order valence-electron chi connectivity index (χ0n) is 11.5. The molecule has 1 aromatic carbocycles. The van der Waals surface area contributed by atoms with Gasteiger partial charge in [0.2, 0.25) is 0 Å². The molecule has 0 spiro atoms. The van der Waals surface area contributed by atoms with Crippen LogP contribution in [0.3, 0.4) is 0 Å². The zero-order chi connectivity index (χ0) is 14.8. The lowest BCUT2D eigenvalue weighted by molar-refractivity contribution is 0.511. The van der Waals surface area contributed by atoms with Crippen molar-refractivity contribution in [1.82, 2.24) is 9.78 Å². The molecule has 0 bridgehead atoms. The molecule has 0 fully saturated rings. The molecule has 108 valence electrons. The standard InChI is InChI=1S/C15H17Cl3N2/c1-11-14(18)13(20(2)19-11)8-15(9-16,10-17)12-6-4-3-5-7-12/h3-7H,8-10H2,1-2H3. The van der Waals surface area contributed by atoms with Gasteiger partial charge in [0.15, 0.2) is 0 Å². The van der Waals surface area contributed by atoms with Crippen molar-refractivity contribution in [3.05, 3.63) is 52.3 Å². The van der Waals surface area contributed by atoms with Crippen LogP contribution < -0.4 is 0 Å². The molecule has 0 unspecified atom stereocenters. The minimum absolute atomic E-state index is 0.339. The maximum absolute atomic E-state index is 6.35. The van der Waals surface area contributed by atoms with Crippen molar-refractivity contribution in [2.24, 2.45) is 7.05 Å². The molecule has 0 aliphatic rings. The van der Waals surface area contributed by atoms with Gasteiger partial charge in [0.25, 0.3) is 0 Å². The molecule has 0 N–H and O–H groups in total. The molecule has 0 radical (unpaired) electrons. The van der Waals surface area contributed by atoms with Crippen LogP contribution >= 0.6 is 34.8 Å². The second-order valence-electron chi connectivity index (χ2n) is 5.06. The molecule has 0 amide bonds. The number of alkyl halides is 2. The lowest BCUT2D eigenvalue weighted by atomic mass is 9.80. The van der Waals surface area contributed by atoms with Gasteiger partial charge in [-0.1, -0.05) is 41.9 Å². The molecular weight excluding hydrogens is 315 g/mol. The molecule has 0 aliphatic heterocycles. The Hall–Kier alpha value is -0.700. The Kier molecular flexibility index (Phi) is 5.00. The van der Waals surface area contributed by atoms with Crippen LogP contribution in [0.2, 0.25) is 5.02 Å². The molecule has 0 aliphatic carbocycles. The van der Waals surface area contributed by atoms with Crippen LogP contribution in [-0.4, -0.2) is 21.5 Å². The van der Waals surface area contributed by atoms with E-state index < -0.39 is 0 Å². The maximum atomic E-state index is 6.35. The van der Waals surface area contributed by atoms with Gasteiger partial charge in [0.1, 0.15) is 0 Å². The quantitative estimate of drug-likeness (QED) is 0.745. The second kappa shape index (κ2) is 6.38. The Morgan fingerprint density at radius 2 is 1.75 bits per heavy atom. The van der Waals surface area contributed by atoms with Gasteiger partial charge in [-0.05, 0) is 12.5 Å². The normalized spacial score (nSPS) is 11.8. The Labute approximate surface area is 134 Å². The third-order valence-corrected chi connectivity index (χ3v) is 5.18. The molecule has 2 nitrogen and oxygen atoms in total. The topological polar surface area (TPSA) is 17.8 Å². The highest BCUT2D eigenvalue weighted by Crippen LogP contribution is 2.34. The molecule has 2 aromatic rings. The van der Waals surface area contributed by atoms with Crippen molar-refractivity contribution >= 4 is 34.8 Å². The number of hydrogen-bond donors (Lipinski definition) is 0. The summed E-state index contributed by atoms with van der Waals surface area (Å²) in [4.78, 5) is 0. The first-order valence-electron chi connectivity index (χ1n) is 6.39. The summed E-state index contributed by atoms with van der Waals surface area (Å²) in [5.41, 5.74) is 2.58. The van der Waals surface area contributed by atoms with Crippen LogP contribution in [0.5, 0.6) is 0 Å². The fourth-order valence-electron chi connectivity index (χ4n) is 2.37. The summed E-state index contributed by atoms with van der Waals surface area (Å²) in [6, 6.07) is 10.1. The second-order valence-corrected chi connectivity index (χ2v) is 5.97. The third kappa shape index (κ3) is 2.83. The van der Waals surface area contributed by atoms with Crippen LogP contribution in [-0.2, 0) is 18.9 Å². The van der Waals surface area contributed by atoms with Crippen molar-refractivity contribution < 1.29 is 0 Å². The predicted molar refractivity (Wildman–Crippen MR) is 86.2 cm³/mol. The SMILES string of the molecule is Cc1nn(C)c(CC(CCl)(CCl)c2ccccc2)c1Cl. The van der Waals surface area contributed by atoms with Gasteiger partial charge in [-0.25, -0.2) is 0 Å². The van der Waals surface area contributed by atoms with Crippen molar-refractivity contribution in [1.29, 1.82) is 0 Å². The minimum Gasteiger partial charge on any atom is -0.271 e. The summed E-state index contributed by atoms with van der Waals surface area (Å²) in [7, 11) is 1.90. The number of halogens is 3. The van der Waals surface area contributed by atoms with E-state index in [2.05, 4.69) is 17.2 Å². The van der Waals surface area contributed by atoms with Crippen LogP contribution in [0.1, 0.15) is 17.0 Å². The van der Waals surface area contributed by atoms with E-state index in [1.807, 2.05) is 36.9 Å². The van der Waals surface area contributed by atoms with Crippen LogP contribution in [0.4, 0.5) is 0 Å². The molecule has 0 saturated heterocycles. The molecule has 20 heavy (non-hydrogen) atoms. The molecule has 0 saturated carbocycles. The van der Waals surface area contributed by atoms with E-state index in [-0.39, 0.29) is 5.41 Å². The van der Waals surface area contributed by atoms with Gasteiger partial charge in [0, 0.05) is 30.6 Å². The summed E-state index contributed by atoms with van der Waals surface area (Å²) in [5, 5.41) is 5.05. The molecule has 0 atom stereocenters. The molecule has 1 heterocycles. The fraction of sp³-hybridized carbons (Fsp3) is 0.400. The zero-order valence-corrected chi connectivity index (χ0v) is 13.8. The van der Waals surface area contributed by atoms with Crippen molar-refractivity contribution in [3.63, 3.8) is 0 Å². The van der Waals surface area contributed by atoms with Crippen LogP contribution in [0.15, 0.2) is 30.3 Å². The van der Waals surface area contributed by atoms with E-state index in [4.69, 9.17) is 34.8 Å². The number of nitrogens with zero attached hydrogens (tertiary/aromatic N) is 2. The minimum atomic E-state index is -0.339. The van der Waals surface area contributed by atoms with E-state index in [0.717, 1.165) is 17.0 Å². The van der Waals surface area contributed by atoms with Gasteiger partial charge in [-0.3, -0.25) is 4.68 Å². The lowest BCUT2D eigenvalue weighted by Crippen LogP contribution is -2.34. The first-order chi connectivity index (χ1) is 9.54. The van der Waals surface area contributed by atoms with Crippen molar-refractivity contribution in [2.45, 2.75) is 18.8 Å². The molecule has 2 rings (SSSR count).